The largest absolute Gasteiger partial charge is 0.488 e. The van der Waals surface area contributed by atoms with Crippen molar-refractivity contribution in [2.75, 3.05) is 13.1 Å². The summed E-state index contributed by atoms with van der Waals surface area (Å²) in [5.74, 6) is 2.34. The predicted octanol–water partition coefficient (Wildman–Crippen LogP) is 2.66. The van der Waals surface area contributed by atoms with Gasteiger partial charge in [0.25, 0.3) is 0 Å². The van der Waals surface area contributed by atoms with Crippen LogP contribution in [-0.2, 0) is 4.79 Å². The quantitative estimate of drug-likeness (QED) is 0.858. The number of carbonyl (C=O) groups is 1. The van der Waals surface area contributed by atoms with Crippen LogP contribution in [0.3, 0.4) is 0 Å². The predicted molar refractivity (Wildman–Crippen MR) is 81.0 cm³/mol. The lowest BCUT2D eigenvalue weighted by Crippen LogP contribution is -2.34. The van der Waals surface area contributed by atoms with E-state index in [1.807, 2.05) is 37.8 Å². The van der Waals surface area contributed by atoms with Crippen LogP contribution in [0.25, 0.3) is 0 Å². The molecule has 0 N–H and O–H groups in total. The lowest BCUT2D eigenvalue weighted by atomic mass is 9.99. The third kappa shape index (κ3) is 2.76. The number of nitrogens with zero attached hydrogens (tertiary/aromatic N) is 2. The highest BCUT2D eigenvalue weighted by Crippen LogP contribution is 2.40. The van der Waals surface area contributed by atoms with Crippen molar-refractivity contribution in [1.29, 1.82) is 0 Å². The summed E-state index contributed by atoms with van der Waals surface area (Å²) in [7, 11) is 0. The van der Waals surface area contributed by atoms with Crippen molar-refractivity contribution in [3.63, 3.8) is 0 Å². The van der Waals surface area contributed by atoms with E-state index in [9.17, 15) is 4.79 Å². The summed E-state index contributed by atoms with van der Waals surface area (Å²) >= 11 is 0. The topological polar surface area (TPSA) is 42.4 Å². The van der Waals surface area contributed by atoms with E-state index in [2.05, 4.69) is 4.98 Å². The molecule has 1 aliphatic carbocycles. The zero-order valence-electron chi connectivity index (χ0n) is 13.1. The highest BCUT2D eigenvalue weighted by molar-refractivity contribution is 5.78. The van der Waals surface area contributed by atoms with Crippen LogP contribution >= 0.6 is 0 Å². The molecule has 21 heavy (non-hydrogen) atoms. The summed E-state index contributed by atoms with van der Waals surface area (Å²) < 4.78 is 6.21. The number of pyridine rings is 1. The van der Waals surface area contributed by atoms with Crippen LogP contribution in [0.1, 0.15) is 32.4 Å². The molecule has 4 heteroatoms. The molecule has 1 aliphatic heterocycles. The Hall–Kier alpha value is -1.58. The number of aryl methyl sites for hydroxylation is 1. The Kier molecular flexibility index (Phi) is 3.87. The first-order valence-electron chi connectivity index (χ1n) is 7.93. The first-order valence-corrected chi connectivity index (χ1v) is 7.93. The maximum atomic E-state index is 12.2. The lowest BCUT2D eigenvalue weighted by molar-refractivity contribution is -0.133. The van der Waals surface area contributed by atoms with Crippen molar-refractivity contribution in [3.05, 3.63) is 24.0 Å². The Balaban J connectivity index is 1.67. The van der Waals surface area contributed by atoms with Gasteiger partial charge in [-0.3, -0.25) is 9.78 Å². The first kappa shape index (κ1) is 14.4. The minimum atomic E-state index is 0.0868. The zero-order valence-corrected chi connectivity index (χ0v) is 13.1. The van der Waals surface area contributed by atoms with Crippen molar-refractivity contribution in [1.82, 2.24) is 9.88 Å². The van der Waals surface area contributed by atoms with E-state index in [0.717, 1.165) is 37.4 Å². The third-order valence-electron chi connectivity index (χ3n) is 4.83. The van der Waals surface area contributed by atoms with Crippen molar-refractivity contribution in [3.8, 4) is 5.75 Å². The van der Waals surface area contributed by atoms with Gasteiger partial charge in [-0.15, -0.1) is 0 Å². The van der Waals surface area contributed by atoms with Crippen LogP contribution in [0.15, 0.2) is 18.3 Å². The van der Waals surface area contributed by atoms with Gasteiger partial charge in [-0.25, -0.2) is 0 Å². The lowest BCUT2D eigenvalue weighted by Gasteiger charge is -2.23. The molecule has 2 heterocycles. The van der Waals surface area contributed by atoms with Crippen LogP contribution in [0.4, 0.5) is 0 Å². The molecule has 4 nitrogen and oxygen atoms in total. The van der Waals surface area contributed by atoms with E-state index in [0.29, 0.717) is 11.8 Å². The smallest absolute Gasteiger partial charge is 0.225 e. The molecule has 1 saturated heterocycles. The molecular formula is C17H24N2O2. The second kappa shape index (κ2) is 5.66. The molecule has 1 saturated carbocycles. The first-order chi connectivity index (χ1) is 10.1. The molecule has 0 unspecified atom stereocenters. The number of amides is 1. The maximum Gasteiger partial charge on any atom is 0.225 e. The Morgan fingerprint density at radius 2 is 2.19 bits per heavy atom. The molecule has 0 aromatic carbocycles. The number of carbonyl (C=O) groups excluding carboxylic acids is 1. The normalized spacial score (nSPS) is 28.0. The van der Waals surface area contributed by atoms with Crippen molar-refractivity contribution in [2.24, 2.45) is 17.8 Å². The van der Waals surface area contributed by atoms with E-state index >= 15 is 0 Å². The Morgan fingerprint density at radius 1 is 1.38 bits per heavy atom. The summed E-state index contributed by atoms with van der Waals surface area (Å²) in [4.78, 5) is 18.5. The Morgan fingerprint density at radius 3 is 2.90 bits per heavy atom. The average Bonchev–Trinajstić information content (AvgIpc) is 3.02. The van der Waals surface area contributed by atoms with Gasteiger partial charge in [-0.1, -0.05) is 13.8 Å². The summed E-state index contributed by atoms with van der Waals surface area (Å²) in [5, 5.41) is 0. The molecule has 2 aliphatic rings. The van der Waals surface area contributed by atoms with Crippen LogP contribution in [0.2, 0.25) is 0 Å². The number of likely N-dealkylation sites (tertiary alicyclic amines) is 1. The number of ether oxygens (including phenoxy) is 1. The highest BCUT2D eigenvalue weighted by Gasteiger charge is 2.45. The van der Waals surface area contributed by atoms with Crippen LogP contribution in [0, 0.1) is 24.7 Å². The van der Waals surface area contributed by atoms with Crippen LogP contribution in [0.5, 0.6) is 5.75 Å². The Bertz CT molecular complexity index is 529. The van der Waals surface area contributed by atoms with Gasteiger partial charge in [-0.2, -0.15) is 0 Å². The summed E-state index contributed by atoms with van der Waals surface area (Å²) in [6, 6.07) is 3.90. The number of fused-ring (bicyclic) bond motifs is 1. The van der Waals surface area contributed by atoms with E-state index in [4.69, 9.17) is 4.74 Å². The van der Waals surface area contributed by atoms with Crippen LogP contribution in [-0.4, -0.2) is 35.0 Å². The molecule has 0 spiro atoms. The molecule has 3 atom stereocenters. The van der Waals surface area contributed by atoms with Gasteiger partial charge in [0, 0.05) is 31.1 Å². The summed E-state index contributed by atoms with van der Waals surface area (Å²) in [6.45, 7) is 7.69. The molecule has 114 valence electrons. The molecular weight excluding hydrogens is 264 g/mol. The van der Waals surface area contributed by atoms with E-state index in [-0.39, 0.29) is 17.9 Å². The summed E-state index contributed by atoms with van der Waals surface area (Å²) in [5.41, 5.74) is 0.939. The van der Waals surface area contributed by atoms with Gasteiger partial charge in [0.1, 0.15) is 11.9 Å². The van der Waals surface area contributed by atoms with Gasteiger partial charge in [-0.05, 0) is 37.8 Å². The number of aromatic nitrogens is 1. The second-order valence-electron chi connectivity index (χ2n) is 6.64. The van der Waals surface area contributed by atoms with E-state index in [1.54, 1.807) is 6.20 Å². The minimum Gasteiger partial charge on any atom is -0.488 e. The number of rotatable bonds is 3. The van der Waals surface area contributed by atoms with Gasteiger partial charge in [0.2, 0.25) is 5.91 Å². The molecule has 1 aromatic rings. The molecule has 1 aromatic heterocycles. The summed E-state index contributed by atoms with van der Waals surface area (Å²) in [6.07, 6.45) is 4.27. The van der Waals surface area contributed by atoms with Gasteiger partial charge < -0.3 is 9.64 Å². The van der Waals surface area contributed by atoms with Gasteiger partial charge in [0.15, 0.2) is 0 Å². The number of hydrogen-bond donors (Lipinski definition) is 0. The molecule has 0 radical (unpaired) electrons. The maximum absolute atomic E-state index is 12.2. The fourth-order valence-corrected chi connectivity index (χ4v) is 3.66. The zero-order chi connectivity index (χ0) is 15.0. The highest BCUT2D eigenvalue weighted by atomic mass is 16.5. The van der Waals surface area contributed by atoms with E-state index < -0.39 is 0 Å². The minimum absolute atomic E-state index is 0.0868. The van der Waals surface area contributed by atoms with Crippen molar-refractivity contribution < 1.29 is 9.53 Å². The SMILES string of the molecule is Cc1ncccc1O[C@@H]1CC[C@@H]2CN(C(=O)C(C)C)C[C@@H]21. The van der Waals surface area contributed by atoms with E-state index in [1.165, 1.54) is 0 Å². The molecule has 2 fully saturated rings. The van der Waals surface area contributed by atoms with Gasteiger partial charge in [0.05, 0.1) is 5.69 Å². The third-order valence-corrected chi connectivity index (χ3v) is 4.83. The number of hydrogen-bond acceptors (Lipinski definition) is 3. The standard InChI is InChI=1S/C17H24N2O2/c1-11(2)17(20)19-9-13-6-7-16(14(13)10-19)21-15-5-4-8-18-12(15)3/h4-5,8,11,13-14,16H,6-7,9-10H2,1-3H3/t13-,14+,16-/m1/s1. The van der Waals surface area contributed by atoms with Crippen LogP contribution < -0.4 is 4.74 Å². The molecule has 1 amide bonds. The van der Waals surface area contributed by atoms with Gasteiger partial charge >= 0.3 is 0 Å². The fourth-order valence-electron chi connectivity index (χ4n) is 3.66. The Labute approximate surface area is 126 Å². The van der Waals surface area contributed by atoms with Crippen molar-refractivity contribution in [2.45, 2.75) is 39.7 Å². The fraction of sp³-hybridized carbons (Fsp3) is 0.647. The average molecular weight is 288 g/mol. The molecule has 3 rings (SSSR count). The van der Waals surface area contributed by atoms with Crippen molar-refractivity contribution >= 4 is 5.91 Å². The monoisotopic (exact) mass is 288 g/mol. The second-order valence-corrected chi connectivity index (χ2v) is 6.64. The molecule has 0 bridgehead atoms.